The van der Waals surface area contributed by atoms with Crippen LogP contribution in [0.1, 0.15) is 60.3 Å². The highest BCUT2D eigenvalue weighted by molar-refractivity contribution is 5.96. The van der Waals surface area contributed by atoms with Crippen LogP contribution in [-0.4, -0.2) is 10.9 Å². The molecule has 1 N–H and O–H groups in total. The lowest BCUT2D eigenvalue weighted by molar-refractivity contribution is -0.116. The van der Waals surface area contributed by atoms with E-state index in [1.54, 1.807) is 35.4 Å². The van der Waals surface area contributed by atoms with Crippen LogP contribution in [0.15, 0.2) is 102 Å². The topological polar surface area (TPSA) is 55.1 Å². The van der Waals surface area contributed by atoms with Crippen molar-refractivity contribution in [3.8, 4) is 11.3 Å². The van der Waals surface area contributed by atoms with Crippen LogP contribution >= 0.6 is 0 Å². The molecule has 37 heavy (non-hydrogen) atoms. The molecular weight excluding hydrogens is 456 g/mol. The molecule has 0 aliphatic heterocycles. The van der Waals surface area contributed by atoms with Crippen molar-refractivity contribution in [3.05, 3.63) is 120 Å². The smallest absolute Gasteiger partial charge is 0.301 e. The summed E-state index contributed by atoms with van der Waals surface area (Å²) in [6.07, 6.45) is 4.74. The second-order valence-corrected chi connectivity index (χ2v) is 10.2. The Balaban J connectivity index is 0.000000126. The van der Waals surface area contributed by atoms with Crippen molar-refractivity contribution in [3.63, 3.8) is 0 Å². The summed E-state index contributed by atoms with van der Waals surface area (Å²) in [6.45, 7) is 1.78. The summed E-state index contributed by atoms with van der Waals surface area (Å²) in [5, 5.41) is 4.87. The number of carbonyl (C=O) groups is 1. The Bertz CT molecular complexity index is 1640. The highest BCUT2D eigenvalue weighted by Gasteiger charge is 2.65. The van der Waals surface area contributed by atoms with E-state index >= 15 is 0 Å². The van der Waals surface area contributed by atoms with E-state index in [0.717, 1.165) is 22.3 Å². The lowest BCUT2D eigenvalue weighted by atomic mass is 9.45. The maximum atomic E-state index is 11.3. The van der Waals surface area contributed by atoms with Crippen LogP contribution < -0.4 is 5.32 Å². The Morgan fingerprint density at radius 2 is 1.65 bits per heavy atom. The SMILES string of the molecule is CCC(=O)Nc1nc(-c2cccc3ccccc23)co1.c1ccc2c(c1)C1CCC13c1ccccc1C23. The summed E-state index contributed by atoms with van der Waals surface area (Å²) in [7, 11) is 0. The third-order valence-electron chi connectivity index (χ3n) is 8.58. The van der Waals surface area contributed by atoms with Crippen molar-refractivity contribution in [2.45, 2.75) is 43.4 Å². The van der Waals surface area contributed by atoms with Gasteiger partial charge in [-0.1, -0.05) is 97.9 Å². The number of fused-ring (bicyclic) bond motifs is 6. The number of carbonyl (C=O) groups excluding carboxylic acids is 1. The summed E-state index contributed by atoms with van der Waals surface area (Å²) >= 11 is 0. The van der Waals surface area contributed by atoms with Gasteiger partial charge in [0.15, 0.2) is 0 Å². The zero-order valence-corrected chi connectivity index (χ0v) is 20.8. The average molecular weight is 485 g/mol. The fourth-order valence-corrected chi connectivity index (χ4v) is 6.88. The number of hydrogen-bond donors (Lipinski definition) is 1. The Kier molecular flexibility index (Phi) is 5.03. The lowest BCUT2D eigenvalue weighted by Crippen LogP contribution is -2.50. The predicted octanol–water partition coefficient (Wildman–Crippen LogP) is 7.80. The monoisotopic (exact) mass is 484 g/mol. The zero-order chi connectivity index (χ0) is 25.0. The first-order valence-electron chi connectivity index (χ1n) is 13.1. The van der Waals surface area contributed by atoms with E-state index < -0.39 is 0 Å². The molecular formula is C33H28N2O2. The van der Waals surface area contributed by atoms with Crippen molar-refractivity contribution in [2.24, 2.45) is 0 Å². The van der Waals surface area contributed by atoms with E-state index in [2.05, 4.69) is 71.0 Å². The van der Waals surface area contributed by atoms with E-state index in [9.17, 15) is 4.79 Å². The number of rotatable bonds is 3. The molecule has 4 heteroatoms. The van der Waals surface area contributed by atoms with Gasteiger partial charge in [-0.15, -0.1) is 0 Å². The highest BCUT2D eigenvalue weighted by atomic mass is 16.4. The van der Waals surface area contributed by atoms with E-state index in [1.807, 2.05) is 30.3 Å². The van der Waals surface area contributed by atoms with E-state index in [0.29, 0.717) is 23.4 Å². The molecule has 182 valence electrons. The Labute approximate surface area is 216 Å². The summed E-state index contributed by atoms with van der Waals surface area (Å²) in [5.41, 5.74) is 8.73. The van der Waals surface area contributed by atoms with Gasteiger partial charge in [-0.2, -0.15) is 4.98 Å². The van der Waals surface area contributed by atoms with Gasteiger partial charge >= 0.3 is 6.01 Å². The molecule has 4 aromatic carbocycles. The van der Waals surface area contributed by atoms with Crippen LogP contribution in [0.4, 0.5) is 6.01 Å². The van der Waals surface area contributed by atoms with Gasteiger partial charge in [0.05, 0.1) is 0 Å². The predicted molar refractivity (Wildman–Crippen MR) is 147 cm³/mol. The Morgan fingerprint density at radius 1 is 0.919 bits per heavy atom. The van der Waals surface area contributed by atoms with E-state index in [1.165, 1.54) is 12.8 Å². The standard InChI is InChI=1S/C17H14.C16H14N2O2/c1-2-6-12-11(5-1)15-9-10-17(15)14-8-4-3-7-13(14)16(12)17;1-2-15(19)18-16-17-14(10-20-16)13-9-5-7-11-6-3-4-8-12(11)13/h1-8,15-16H,9-10H2;3-10H,2H2,1H3,(H,17,18,19). The maximum Gasteiger partial charge on any atom is 0.301 e. The van der Waals surface area contributed by atoms with Crippen molar-refractivity contribution in [1.82, 2.24) is 4.98 Å². The van der Waals surface area contributed by atoms with Crippen LogP contribution in [0.2, 0.25) is 0 Å². The van der Waals surface area contributed by atoms with Gasteiger partial charge in [0.25, 0.3) is 0 Å². The van der Waals surface area contributed by atoms with Gasteiger partial charge in [0.2, 0.25) is 5.91 Å². The van der Waals surface area contributed by atoms with Gasteiger partial charge in [0.1, 0.15) is 12.0 Å². The molecule has 3 atom stereocenters. The quantitative estimate of drug-likeness (QED) is 0.284. The van der Waals surface area contributed by atoms with Gasteiger partial charge in [0, 0.05) is 23.3 Å². The minimum atomic E-state index is -0.115. The van der Waals surface area contributed by atoms with Crippen LogP contribution in [0, 0.1) is 0 Å². The number of nitrogens with one attached hydrogen (secondary N) is 1. The lowest BCUT2D eigenvalue weighted by Gasteiger charge is -2.57. The summed E-state index contributed by atoms with van der Waals surface area (Å²) in [6, 6.07) is 32.6. The summed E-state index contributed by atoms with van der Waals surface area (Å²) in [4.78, 5) is 15.6. The Morgan fingerprint density at radius 3 is 2.46 bits per heavy atom. The fourth-order valence-electron chi connectivity index (χ4n) is 6.88. The molecule has 4 nitrogen and oxygen atoms in total. The molecule has 0 saturated heterocycles. The second kappa shape index (κ2) is 8.45. The zero-order valence-electron chi connectivity index (χ0n) is 20.8. The van der Waals surface area contributed by atoms with Gasteiger partial charge in [-0.05, 0) is 51.8 Å². The maximum absolute atomic E-state index is 11.3. The Hall–Kier alpha value is -4.18. The summed E-state index contributed by atoms with van der Waals surface area (Å²) in [5.74, 6) is 1.42. The molecule has 1 fully saturated rings. The normalized spacial score (nSPS) is 21.8. The molecule has 3 aliphatic rings. The number of hydrogen-bond acceptors (Lipinski definition) is 3. The van der Waals surface area contributed by atoms with Crippen molar-refractivity contribution in [1.29, 1.82) is 0 Å². The molecule has 3 unspecified atom stereocenters. The largest absolute Gasteiger partial charge is 0.431 e. The van der Waals surface area contributed by atoms with Gasteiger partial charge in [-0.25, -0.2) is 0 Å². The minimum absolute atomic E-state index is 0.115. The van der Waals surface area contributed by atoms with Crippen LogP contribution in [0.5, 0.6) is 0 Å². The van der Waals surface area contributed by atoms with Crippen molar-refractivity contribution >= 4 is 22.7 Å². The molecule has 3 aliphatic carbocycles. The number of benzene rings is 4. The second-order valence-electron chi connectivity index (χ2n) is 10.2. The van der Waals surface area contributed by atoms with Crippen LogP contribution in [0.25, 0.3) is 22.0 Å². The van der Waals surface area contributed by atoms with Crippen molar-refractivity contribution < 1.29 is 9.21 Å². The summed E-state index contributed by atoms with van der Waals surface area (Å²) < 4.78 is 5.30. The van der Waals surface area contributed by atoms with Crippen LogP contribution in [0.3, 0.4) is 0 Å². The molecule has 1 heterocycles. The first kappa shape index (κ1) is 22.1. The average Bonchev–Trinajstić information content (AvgIpc) is 3.43. The minimum Gasteiger partial charge on any atom is -0.431 e. The van der Waals surface area contributed by atoms with E-state index in [-0.39, 0.29) is 11.9 Å². The first-order chi connectivity index (χ1) is 18.2. The first-order valence-corrected chi connectivity index (χ1v) is 13.1. The third-order valence-corrected chi connectivity index (χ3v) is 8.58. The molecule has 1 saturated carbocycles. The molecule has 5 aromatic rings. The highest BCUT2D eigenvalue weighted by Crippen LogP contribution is 2.75. The number of anilines is 1. The van der Waals surface area contributed by atoms with Gasteiger partial charge in [-0.3, -0.25) is 10.1 Å². The molecule has 0 radical (unpaired) electrons. The molecule has 1 amide bonds. The molecule has 1 spiro atoms. The molecule has 8 rings (SSSR count). The molecule has 0 bridgehead atoms. The van der Waals surface area contributed by atoms with E-state index in [4.69, 9.17) is 4.42 Å². The number of aromatic nitrogens is 1. The number of nitrogens with zero attached hydrogens (tertiary/aromatic N) is 1. The number of oxazole rings is 1. The van der Waals surface area contributed by atoms with Crippen molar-refractivity contribution in [2.75, 3.05) is 5.32 Å². The molecule has 1 aromatic heterocycles. The fraction of sp³-hybridized carbons (Fsp3) is 0.212. The number of amides is 1. The third kappa shape index (κ3) is 3.21. The van der Waals surface area contributed by atoms with Crippen LogP contribution in [-0.2, 0) is 10.2 Å². The van der Waals surface area contributed by atoms with Gasteiger partial charge < -0.3 is 4.42 Å².